The molecule has 0 aliphatic carbocycles. The van der Waals surface area contributed by atoms with Gasteiger partial charge in [0, 0.05) is 16.0 Å². The second-order valence-corrected chi connectivity index (χ2v) is 6.07. The molecule has 2 aromatic carbocycles. The number of benzene rings is 2. The van der Waals surface area contributed by atoms with Gasteiger partial charge in [0.2, 0.25) is 0 Å². The molecule has 0 fully saturated rings. The van der Waals surface area contributed by atoms with Crippen molar-refractivity contribution in [3.63, 3.8) is 0 Å². The summed E-state index contributed by atoms with van der Waals surface area (Å²) < 4.78 is 18.8. The van der Waals surface area contributed by atoms with Crippen molar-refractivity contribution in [3.8, 4) is 0 Å². The SMILES string of the molecule is Cc1ccc2oc(C(O)CSc3cccc(F)c3)cc2c1. The Morgan fingerprint density at radius 3 is 2.86 bits per heavy atom. The number of fused-ring (bicyclic) bond motifs is 1. The molecule has 108 valence electrons. The van der Waals surface area contributed by atoms with Crippen LogP contribution in [0.2, 0.25) is 0 Å². The third-order valence-electron chi connectivity index (χ3n) is 3.22. The van der Waals surface area contributed by atoms with Crippen LogP contribution in [0.25, 0.3) is 11.0 Å². The van der Waals surface area contributed by atoms with Crippen molar-refractivity contribution in [2.45, 2.75) is 17.9 Å². The van der Waals surface area contributed by atoms with Gasteiger partial charge in [0.15, 0.2) is 0 Å². The molecule has 1 aromatic heterocycles. The summed E-state index contributed by atoms with van der Waals surface area (Å²) in [4.78, 5) is 0.793. The smallest absolute Gasteiger partial charge is 0.134 e. The lowest BCUT2D eigenvalue weighted by atomic mass is 10.2. The molecule has 0 aliphatic rings. The van der Waals surface area contributed by atoms with Gasteiger partial charge in [0.05, 0.1) is 0 Å². The maximum atomic E-state index is 13.1. The van der Waals surface area contributed by atoms with E-state index in [9.17, 15) is 9.50 Å². The van der Waals surface area contributed by atoms with Gasteiger partial charge in [0.25, 0.3) is 0 Å². The Balaban J connectivity index is 1.73. The lowest BCUT2D eigenvalue weighted by Gasteiger charge is -2.07. The van der Waals surface area contributed by atoms with Crippen LogP contribution in [0.5, 0.6) is 0 Å². The molecule has 0 radical (unpaired) electrons. The van der Waals surface area contributed by atoms with E-state index in [-0.39, 0.29) is 5.82 Å². The van der Waals surface area contributed by atoms with Gasteiger partial charge in [-0.2, -0.15) is 0 Å². The fraction of sp³-hybridized carbons (Fsp3) is 0.176. The first-order chi connectivity index (χ1) is 10.1. The Morgan fingerprint density at radius 1 is 1.19 bits per heavy atom. The van der Waals surface area contributed by atoms with E-state index in [0.29, 0.717) is 11.5 Å². The highest BCUT2D eigenvalue weighted by atomic mass is 32.2. The normalized spacial score (nSPS) is 12.7. The molecule has 1 unspecified atom stereocenters. The number of halogens is 1. The van der Waals surface area contributed by atoms with E-state index < -0.39 is 6.10 Å². The van der Waals surface area contributed by atoms with Crippen molar-refractivity contribution in [1.29, 1.82) is 0 Å². The van der Waals surface area contributed by atoms with Crippen LogP contribution in [-0.4, -0.2) is 10.9 Å². The van der Waals surface area contributed by atoms with E-state index >= 15 is 0 Å². The minimum Gasteiger partial charge on any atom is -0.458 e. The highest BCUT2D eigenvalue weighted by Gasteiger charge is 2.14. The molecule has 1 N–H and O–H groups in total. The highest BCUT2D eigenvalue weighted by molar-refractivity contribution is 7.99. The maximum absolute atomic E-state index is 13.1. The molecule has 2 nitrogen and oxygen atoms in total. The van der Waals surface area contributed by atoms with Crippen LogP contribution in [0.15, 0.2) is 57.8 Å². The molecule has 21 heavy (non-hydrogen) atoms. The third-order valence-corrected chi connectivity index (χ3v) is 4.29. The van der Waals surface area contributed by atoms with E-state index in [1.54, 1.807) is 6.07 Å². The fourth-order valence-corrected chi connectivity index (χ4v) is 3.05. The van der Waals surface area contributed by atoms with Crippen LogP contribution in [0.1, 0.15) is 17.4 Å². The number of furan rings is 1. The average molecular weight is 302 g/mol. The second kappa shape index (κ2) is 5.92. The van der Waals surface area contributed by atoms with Crippen LogP contribution in [0.4, 0.5) is 4.39 Å². The summed E-state index contributed by atoms with van der Waals surface area (Å²) >= 11 is 1.40. The topological polar surface area (TPSA) is 33.4 Å². The Bertz CT molecular complexity index is 766. The Labute approximate surface area is 126 Å². The predicted molar refractivity (Wildman–Crippen MR) is 83.0 cm³/mol. The van der Waals surface area contributed by atoms with E-state index in [1.165, 1.54) is 23.9 Å². The Morgan fingerprint density at radius 2 is 2.05 bits per heavy atom. The predicted octanol–water partition coefficient (Wildman–Crippen LogP) is 4.71. The zero-order valence-electron chi connectivity index (χ0n) is 11.5. The lowest BCUT2D eigenvalue weighted by molar-refractivity contribution is 0.177. The number of aliphatic hydroxyl groups excluding tert-OH is 1. The molecule has 4 heteroatoms. The second-order valence-electron chi connectivity index (χ2n) is 4.97. The maximum Gasteiger partial charge on any atom is 0.134 e. The number of rotatable bonds is 4. The quantitative estimate of drug-likeness (QED) is 0.709. The molecule has 0 bridgehead atoms. The minimum absolute atomic E-state index is 0.270. The molecule has 0 saturated heterocycles. The lowest BCUT2D eigenvalue weighted by Crippen LogP contribution is -1.98. The molecule has 3 rings (SSSR count). The molecule has 0 aliphatic heterocycles. The van der Waals surface area contributed by atoms with Gasteiger partial charge in [-0.3, -0.25) is 0 Å². The van der Waals surface area contributed by atoms with Gasteiger partial charge in [0.1, 0.15) is 23.3 Å². The molecule has 0 saturated carbocycles. The van der Waals surface area contributed by atoms with Gasteiger partial charge in [-0.25, -0.2) is 4.39 Å². The molecular formula is C17H15FO2S. The van der Waals surface area contributed by atoms with Crippen molar-refractivity contribution in [3.05, 3.63) is 65.7 Å². The monoisotopic (exact) mass is 302 g/mol. The van der Waals surface area contributed by atoms with Crippen LogP contribution in [0, 0.1) is 12.7 Å². The molecular weight excluding hydrogens is 287 g/mol. The first-order valence-corrected chi connectivity index (χ1v) is 7.67. The van der Waals surface area contributed by atoms with Crippen LogP contribution in [0.3, 0.4) is 0 Å². The number of aliphatic hydroxyl groups is 1. The van der Waals surface area contributed by atoms with Crippen molar-refractivity contribution < 1.29 is 13.9 Å². The standard InChI is InChI=1S/C17H15FO2S/c1-11-5-6-16-12(7-11)8-17(20-16)15(19)10-21-14-4-2-3-13(18)9-14/h2-9,15,19H,10H2,1H3. The van der Waals surface area contributed by atoms with E-state index in [4.69, 9.17) is 4.42 Å². The van der Waals surface area contributed by atoms with Crippen LogP contribution in [-0.2, 0) is 0 Å². The first kappa shape index (κ1) is 14.2. The molecule has 0 spiro atoms. The zero-order chi connectivity index (χ0) is 14.8. The number of hydrogen-bond donors (Lipinski definition) is 1. The minimum atomic E-state index is -0.717. The number of thioether (sulfide) groups is 1. The Kier molecular flexibility index (Phi) is 3.99. The van der Waals surface area contributed by atoms with E-state index in [2.05, 4.69) is 0 Å². The third kappa shape index (κ3) is 3.28. The summed E-state index contributed by atoms with van der Waals surface area (Å²) in [5.41, 5.74) is 1.92. The summed E-state index contributed by atoms with van der Waals surface area (Å²) in [7, 11) is 0. The summed E-state index contributed by atoms with van der Waals surface area (Å²) in [6.45, 7) is 2.02. The van der Waals surface area contributed by atoms with Crippen molar-refractivity contribution in [2.75, 3.05) is 5.75 Å². The zero-order valence-corrected chi connectivity index (χ0v) is 12.4. The summed E-state index contributed by atoms with van der Waals surface area (Å²) in [6, 6.07) is 14.1. The largest absolute Gasteiger partial charge is 0.458 e. The summed E-state index contributed by atoms with van der Waals surface area (Å²) in [5.74, 6) is 0.690. The molecule has 0 amide bonds. The van der Waals surface area contributed by atoms with Crippen LogP contribution >= 0.6 is 11.8 Å². The van der Waals surface area contributed by atoms with Gasteiger partial charge in [-0.1, -0.05) is 17.7 Å². The van der Waals surface area contributed by atoms with Crippen LogP contribution < -0.4 is 0 Å². The van der Waals surface area contributed by atoms with E-state index in [1.807, 2.05) is 37.3 Å². The first-order valence-electron chi connectivity index (χ1n) is 6.68. The fourth-order valence-electron chi connectivity index (χ4n) is 2.16. The van der Waals surface area contributed by atoms with Gasteiger partial charge in [-0.05, 0) is 43.3 Å². The average Bonchev–Trinajstić information content (AvgIpc) is 2.88. The molecule has 1 atom stereocenters. The highest BCUT2D eigenvalue weighted by Crippen LogP contribution is 2.29. The van der Waals surface area contributed by atoms with Crippen molar-refractivity contribution in [1.82, 2.24) is 0 Å². The summed E-state index contributed by atoms with van der Waals surface area (Å²) in [6.07, 6.45) is -0.717. The number of aryl methyl sites for hydroxylation is 1. The van der Waals surface area contributed by atoms with Gasteiger partial charge in [-0.15, -0.1) is 11.8 Å². The van der Waals surface area contributed by atoms with Gasteiger partial charge >= 0.3 is 0 Å². The Hall–Kier alpha value is -1.78. The van der Waals surface area contributed by atoms with Crippen molar-refractivity contribution >= 4 is 22.7 Å². The van der Waals surface area contributed by atoms with Gasteiger partial charge < -0.3 is 9.52 Å². The molecule has 1 heterocycles. The molecule has 3 aromatic rings. The summed E-state index contributed by atoms with van der Waals surface area (Å²) in [5, 5.41) is 11.2. The van der Waals surface area contributed by atoms with Crippen molar-refractivity contribution in [2.24, 2.45) is 0 Å². The number of hydrogen-bond acceptors (Lipinski definition) is 3. The van der Waals surface area contributed by atoms with E-state index in [0.717, 1.165) is 21.4 Å².